The Morgan fingerprint density at radius 3 is 2.41 bits per heavy atom. The van der Waals surface area contributed by atoms with Gasteiger partial charge in [-0.1, -0.05) is 48.0 Å². The standard InChI is InChI=1S/C23H21ClN2O3/c1-2-26(19-11-4-3-5-12-19)23(28)17-9-8-10-18(15-17)25-22(27)16-29-21-14-7-6-13-20(21)24/h3-15H,2,16H2,1H3,(H,25,27). The lowest BCUT2D eigenvalue weighted by Crippen LogP contribution is -2.30. The average Bonchev–Trinajstić information content (AvgIpc) is 2.74. The predicted octanol–water partition coefficient (Wildman–Crippen LogP) is 5.02. The van der Waals surface area contributed by atoms with Crippen molar-refractivity contribution in [3.05, 3.63) is 89.4 Å². The number of anilines is 2. The van der Waals surface area contributed by atoms with Crippen molar-refractivity contribution in [3.63, 3.8) is 0 Å². The topological polar surface area (TPSA) is 58.6 Å². The van der Waals surface area contributed by atoms with Crippen LogP contribution in [0.4, 0.5) is 11.4 Å². The molecule has 0 aliphatic rings. The zero-order chi connectivity index (χ0) is 20.6. The van der Waals surface area contributed by atoms with Gasteiger partial charge in [-0.15, -0.1) is 0 Å². The first-order chi connectivity index (χ1) is 14.1. The minimum absolute atomic E-state index is 0.137. The molecule has 6 heteroatoms. The molecule has 1 N–H and O–H groups in total. The summed E-state index contributed by atoms with van der Waals surface area (Å²) in [6, 6.07) is 23.2. The minimum Gasteiger partial charge on any atom is -0.482 e. The van der Waals surface area contributed by atoms with E-state index < -0.39 is 0 Å². The third-order valence-electron chi connectivity index (χ3n) is 4.22. The number of amides is 2. The van der Waals surface area contributed by atoms with Crippen LogP contribution in [0.15, 0.2) is 78.9 Å². The van der Waals surface area contributed by atoms with Crippen LogP contribution >= 0.6 is 11.6 Å². The number of nitrogens with one attached hydrogen (secondary N) is 1. The minimum atomic E-state index is -0.343. The summed E-state index contributed by atoms with van der Waals surface area (Å²) in [6.45, 7) is 2.26. The molecule has 0 saturated heterocycles. The summed E-state index contributed by atoms with van der Waals surface area (Å²) in [4.78, 5) is 26.8. The lowest BCUT2D eigenvalue weighted by Gasteiger charge is -2.21. The highest BCUT2D eigenvalue weighted by Crippen LogP contribution is 2.23. The first-order valence-corrected chi connectivity index (χ1v) is 9.60. The van der Waals surface area contributed by atoms with Crippen molar-refractivity contribution < 1.29 is 14.3 Å². The number of ether oxygens (including phenoxy) is 1. The Kier molecular flexibility index (Phi) is 6.87. The molecule has 0 atom stereocenters. The van der Waals surface area contributed by atoms with Crippen molar-refractivity contribution in [2.45, 2.75) is 6.92 Å². The quantitative estimate of drug-likeness (QED) is 0.596. The number of halogens is 1. The summed E-state index contributed by atoms with van der Waals surface area (Å²) in [5, 5.41) is 3.18. The molecule has 29 heavy (non-hydrogen) atoms. The van der Waals surface area contributed by atoms with E-state index in [9.17, 15) is 9.59 Å². The Morgan fingerprint density at radius 1 is 0.966 bits per heavy atom. The van der Waals surface area contributed by atoms with Gasteiger partial charge in [0.15, 0.2) is 6.61 Å². The van der Waals surface area contributed by atoms with Crippen molar-refractivity contribution in [2.75, 3.05) is 23.4 Å². The maximum atomic E-state index is 12.9. The van der Waals surface area contributed by atoms with Crippen LogP contribution in [0.3, 0.4) is 0 Å². The Morgan fingerprint density at radius 2 is 1.69 bits per heavy atom. The SMILES string of the molecule is CCN(C(=O)c1cccc(NC(=O)COc2ccccc2Cl)c1)c1ccccc1. The third-order valence-corrected chi connectivity index (χ3v) is 4.53. The number of hydrogen-bond acceptors (Lipinski definition) is 3. The summed E-state index contributed by atoms with van der Waals surface area (Å²) in [7, 11) is 0. The number of para-hydroxylation sites is 2. The number of hydrogen-bond donors (Lipinski definition) is 1. The Bertz CT molecular complexity index is 992. The van der Waals surface area contributed by atoms with Crippen LogP contribution < -0.4 is 15.0 Å². The molecule has 3 rings (SSSR count). The van der Waals surface area contributed by atoms with Gasteiger partial charge in [-0.3, -0.25) is 9.59 Å². The number of nitrogens with zero attached hydrogens (tertiary/aromatic N) is 1. The normalized spacial score (nSPS) is 10.3. The lowest BCUT2D eigenvalue weighted by atomic mass is 10.1. The molecule has 0 heterocycles. The largest absolute Gasteiger partial charge is 0.482 e. The van der Waals surface area contributed by atoms with Gasteiger partial charge in [-0.25, -0.2) is 0 Å². The second kappa shape index (κ2) is 9.75. The maximum absolute atomic E-state index is 12.9. The molecule has 0 fully saturated rings. The van der Waals surface area contributed by atoms with E-state index in [0.717, 1.165) is 5.69 Å². The summed E-state index contributed by atoms with van der Waals surface area (Å²) < 4.78 is 5.44. The zero-order valence-electron chi connectivity index (χ0n) is 16.0. The van der Waals surface area contributed by atoms with Crippen molar-refractivity contribution in [1.29, 1.82) is 0 Å². The van der Waals surface area contributed by atoms with Crippen LogP contribution in [-0.2, 0) is 4.79 Å². The van der Waals surface area contributed by atoms with Crippen LogP contribution in [0.2, 0.25) is 5.02 Å². The first kappa shape index (κ1) is 20.4. The highest BCUT2D eigenvalue weighted by molar-refractivity contribution is 6.32. The smallest absolute Gasteiger partial charge is 0.262 e. The molecule has 0 radical (unpaired) electrons. The molecule has 3 aromatic rings. The predicted molar refractivity (Wildman–Crippen MR) is 116 cm³/mol. The molecular formula is C23H21ClN2O3. The summed E-state index contributed by atoms with van der Waals surface area (Å²) in [5.74, 6) is -0.0401. The van der Waals surface area contributed by atoms with Crippen molar-refractivity contribution >= 4 is 34.8 Å². The Hall–Kier alpha value is -3.31. The van der Waals surface area contributed by atoms with Crippen LogP contribution in [0.5, 0.6) is 5.75 Å². The van der Waals surface area contributed by atoms with Gasteiger partial charge in [0.25, 0.3) is 11.8 Å². The van der Waals surface area contributed by atoms with Gasteiger partial charge in [-0.2, -0.15) is 0 Å². The molecule has 0 aromatic heterocycles. The fourth-order valence-corrected chi connectivity index (χ4v) is 3.03. The van der Waals surface area contributed by atoms with Gasteiger partial charge in [0, 0.05) is 23.5 Å². The van der Waals surface area contributed by atoms with E-state index in [1.807, 2.05) is 37.3 Å². The number of rotatable bonds is 7. The van der Waals surface area contributed by atoms with E-state index in [1.54, 1.807) is 53.4 Å². The maximum Gasteiger partial charge on any atom is 0.262 e. The van der Waals surface area contributed by atoms with Gasteiger partial charge in [-0.05, 0) is 49.4 Å². The summed E-state index contributed by atoms with van der Waals surface area (Å²) >= 11 is 6.02. The van der Waals surface area contributed by atoms with E-state index in [2.05, 4.69) is 5.32 Å². The zero-order valence-corrected chi connectivity index (χ0v) is 16.7. The van der Waals surface area contributed by atoms with E-state index in [0.29, 0.717) is 28.6 Å². The fourth-order valence-electron chi connectivity index (χ4n) is 2.84. The molecule has 148 valence electrons. The lowest BCUT2D eigenvalue weighted by molar-refractivity contribution is -0.118. The molecule has 0 unspecified atom stereocenters. The van der Waals surface area contributed by atoms with E-state index in [-0.39, 0.29) is 18.4 Å². The molecule has 2 amide bonds. The molecule has 0 aliphatic carbocycles. The highest BCUT2D eigenvalue weighted by atomic mass is 35.5. The number of carbonyl (C=O) groups excluding carboxylic acids is 2. The Labute approximate surface area is 174 Å². The van der Waals surface area contributed by atoms with Crippen LogP contribution in [0.1, 0.15) is 17.3 Å². The van der Waals surface area contributed by atoms with Gasteiger partial charge in [0.05, 0.1) is 5.02 Å². The molecular weight excluding hydrogens is 388 g/mol. The molecule has 5 nitrogen and oxygen atoms in total. The number of carbonyl (C=O) groups is 2. The second-order valence-corrected chi connectivity index (χ2v) is 6.64. The molecule has 0 saturated carbocycles. The van der Waals surface area contributed by atoms with Crippen molar-refractivity contribution in [2.24, 2.45) is 0 Å². The highest BCUT2D eigenvalue weighted by Gasteiger charge is 2.16. The van der Waals surface area contributed by atoms with E-state index >= 15 is 0 Å². The average molecular weight is 409 g/mol. The van der Waals surface area contributed by atoms with Gasteiger partial charge >= 0.3 is 0 Å². The monoisotopic (exact) mass is 408 g/mol. The molecule has 0 bridgehead atoms. The van der Waals surface area contributed by atoms with Crippen LogP contribution in [0.25, 0.3) is 0 Å². The Balaban J connectivity index is 1.66. The second-order valence-electron chi connectivity index (χ2n) is 6.23. The van der Waals surface area contributed by atoms with Crippen LogP contribution in [-0.4, -0.2) is 25.0 Å². The molecule has 3 aromatic carbocycles. The summed E-state index contributed by atoms with van der Waals surface area (Å²) in [6.07, 6.45) is 0. The van der Waals surface area contributed by atoms with Crippen LogP contribution in [0, 0.1) is 0 Å². The summed E-state index contributed by atoms with van der Waals surface area (Å²) in [5.41, 5.74) is 1.83. The van der Waals surface area contributed by atoms with E-state index in [1.165, 1.54) is 0 Å². The van der Waals surface area contributed by atoms with E-state index in [4.69, 9.17) is 16.3 Å². The molecule has 0 aliphatic heterocycles. The number of benzene rings is 3. The van der Waals surface area contributed by atoms with Gasteiger partial charge in [0.1, 0.15) is 5.75 Å². The van der Waals surface area contributed by atoms with Gasteiger partial charge < -0.3 is 15.0 Å². The third kappa shape index (κ3) is 5.36. The van der Waals surface area contributed by atoms with Crippen molar-refractivity contribution in [3.8, 4) is 5.75 Å². The fraction of sp³-hybridized carbons (Fsp3) is 0.130. The van der Waals surface area contributed by atoms with Gasteiger partial charge in [0.2, 0.25) is 0 Å². The molecule has 0 spiro atoms. The first-order valence-electron chi connectivity index (χ1n) is 9.22. The van der Waals surface area contributed by atoms with Crippen molar-refractivity contribution in [1.82, 2.24) is 0 Å².